The number of carbonyl (C=O) groups excluding carboxylic acids is 1. The van der Waals surface area contributed by atoms with Gasteiger partial charge in [0.15, 0.2) is 5.82 Å². The second-order valence-electron chi connectivity index (χ2n) is 5.94. The molecular formula is C16H13ClF2N4O. The normalized spacial score (nSPS) is 21.5. The SMILES string of the molecule is O=C(Nc1cnc(Cl)cc1F)N1[C@@H]2CC[C@H]1c1ccnc(F)c1C2. The Labute approximate surface area is 141 Å². The Kier molecular flexibility index (Phi) is 3.60. The molecule has 0 aromatic carbocycles. The van der Waals surface area contributed by atoms with Gasteiger partial charge in [-0.25, -0.2) is 19.2 Å². The molecule has 1 fully saturated rings. The lowest BCUT2D eigenvalue weighted by Gasteiger charge is -2.36. The highest BCUT2D eigenvalue weighted by Crippen LogP contribution is 2.44. The van der Waals surface area contributed by atoms with Crippen LogP contribution in [0.3, 0.4) is 0 Å². The summed E-state index contributed by atoms with van der Waals surface area (Å²) in [6, 6.07) is 2.02. The highest BCUT2D eigenvalue weighted by Gasteiger charge is 2.43. The van der Waals surface area contributed by atoms with Crippen molar-refractivity contribution in [2.75, 3.05) is 5.32 Å². The Morgan fingerprint density at radius 1 is 1.33 bits per heavy atom. The van der Waals surface area contributed by atoms with Crippen molar-refractivity contribution in [2.24, 2.45) is 0 Å². The summed E-state index contributed by atoms with van der Waals surface area (Å²) in [7, 11) is 0. The Balaban J connectivity index is 1.62. The average molecular weight is 351 g/mol. The van der Waals surface area contributed by atoms with Crippen LogP contribution in [0, 0.1) is 11.8 Å². The number of nitrogens with zero attached hydrogens (tertiary/aromatic N) is 3. The number of pyridine rings is 2. The Morgan fingerprint density at radius 2 is 2.17 bits per heavy atom. The second kappa shape index (κ2) is 5.66. The minimum absolute atomic E-state index is 0.0143. The van der Waals surface area contributed by atoms with Crippen LogP contribution in [0.4, 0.5) is 19.3 Å². The third-order valence-electron chi connectivity index (χ3n) is 4.64. The topological polar surface area (TPSA) is 58.1 Å². The number of carbonyl (C=O) groups is 1. The van der Waals surface area contributed by atoms with Crippen molar-refractivity contribution in [3.63, 3.8) is 0 Å². The lowest BCUT2D eigenvalue weighted by Crippen LogP contribution is -2.44. The maximum atomic E-state index is 13.9. The molecule has 24 heavy (non-hydrogen) atoms. The molecule has 0 aliphatic carbocycles. The van der Waals surface area contributed by atoms with Gasteiger partial charge in [-0.15, -0.1) is 0 Å². The zero-order valence-electron chi connectivity index (χ0n) is 12.5. The standard InChI is InChI=1S/C16H13ClF2N4O/c17-14-6-11(18)12(7-21-14)22-16(24)23-8-1-2-13(23)9-3-4-20-15(19)10(9)5-8/h3-4,6-8,13H,1-2,5H2,(H,22,24)/t8-,13+/m1/s1. The molecule has 124 valence electrons. The first-order valence-electron chi connectivity index (χ1n) is 7.58. The number of hydrogen-bond donors (Lipinski definition) is 1. The highest BCUT2D eigenvalue weighted by molar-refractivity contribution is 6.29. The van der Waals surface area contributed by atoms with Crippen LogP contribution in [0.1, 0.15) is 30.0 Å². The summed E-state index contributed by atoms with van der Waals surface area (Å²) < 4.78 is 27.8. The molecule has 0 saturated carbocycles. The van der Waals surface area contributed by atoms with E-state index in [1.165, 1.54) is 12.4 Å². The van der Waals surface area contributed by atoms with Crippen LogP contribution < -0.4 is 5.32 Å². The maximum absolute atomic E-state index is 13.9. The van der Waals surface area contributed by atoms with E-state index in [2.05, 4.69) is 15.3 Å². The lowest BCUT2D eigenvalue weighted by atomic mass is 9.95. The number of fused-ring (bicyclic) bond motifs is 4. The van der Waals surface area contributed by atoms with Gasteiger partial charge < -0.3 is 10.2 Å². The summed E-state index contributed by atoms with van der Waals surface area (Å²) in [5.74, 6) is -1.12. The molecule has 5 nitrogen and oxygen atoms in total. The first kappa shape index (κ1) is 15.3. The molecule has 8 heteroatoms. The van der Waals surface area contributed by atoms with Gasteiger partial charge in [0.05, 0.1) is 17.9 Å². The monoisotopic (exact) mass is 350 g/mol. The number of amides is 2. The zero-order chi connectivity index (χ0) is 16.8. The van der Waals surface area contributed by atoms with Crippen molar-refractivity contribution >= 4 is 23.3 Å². The minimum Gasteiger partial charge on any atom is -0.314 e. The molecule has 2 bridgehead atoms. The van der Waals surface area contributed by atoms with Crippen LogP contribution >= 0.6 is 11.6 Å². The fourth-order valence-electron chi connectivity index (χ4n) is 3.61. The molecule has 2 aliphatic rings. The van der Waals surface area contributed by atoms with E-state index in [0.29, 0.717) is 12.0 Å². The van der Waals surface area contributed by atoms with Gasteiger partial charge in [-0.2, -0.15) is 4.39 Å². The summed E-state index contributed by atoms with van der Waals surface area (Å²) >= 11 is 5.61. The van der Waals surface area contributed by atoms with E-state index in [1.54, 1.807) is 11.0 Å². The molecule has 2 amide bonds. The predicted octanol–water partition coefficient (Wildman–Crippen LogP) is 3.70. The summed E-state index contributed by atoms with van der Waals surface area (Å²) in [6.07, 6.45) is 4.52. The molecule has 2 aliphatic heterocycles. The average Bonchev–Trinajstić information content (AvgIpc) is 2.86. The molecule has 2 aromatic rings. The number of urea groups is 1. The second-order valence-corrected chi connectivity index (χ2v) is 6.33. The van der Waals surface area contributed by atoms with Crippen LogP contribution in [-0.4, -0.2) is 26.9 Å². The van der Waals surface area contributed by atoms with E-state index in [4.69, 9.17) is 11.6 Å². The Morgan fingerprint density at radius 3 is 2.96 bits per heavy atom. The third kappa shape index (κ3) is 2.39. The Bertz CT molecular complexity index is 832. The van der Waals surface area contributed by atoms with Gasteiger partial charge in [0.1, 0.15) is 5.15 Å². The van der Waals surface area contributed by atoms with E-state index in [9.17, 15) is 13.6 Å². The van der Waals surface area contributed by atoms with Gasteiger partial charge in [-0.05, 0) is 30.9 Å². The number of halogens is 3. The fraction of sp³-hybridized carbons (Fsp3) is 0.312. The first-order chi connectivity index (χ1) is 11.5. The number of rotatable bonds is 1. The van der Waals surface area contributed by atoms with Crippen LogP contribution in [-0.2, 0) is 6.42 Å². The number of nitrogens with one attached hydrogen (secondary N) is 1. The highest BCUT2D eigenvalue weighted by atomic mass is 35.5. The molecule has 1 saturated heterocycles. The molecule has 2 aromatic heterocycles. The van der Waals surface area contributed by atoms with Crippen LogP contribution in [0.2, 0.25) is 5.15 Å². The molecule has 0 spiro atoms. The van der Waals surface area contributed by atoms with Crippen LogP contribution in [0.25, 0.3) is 0 Å². The smallest absolute Gasteiger partial charge is 0.314 e. The van der Waals surface area contributed by atoms with E-state index in [0.717, 1.165) is 24.5 Å². The number of anilines is 1. The van der Waals surface area contributed by atoms with Crippen LogP contribution in [0.5, 0.6) is 0 Å². The quantitative estimate of drug-likeness (QED) is 0.798. The van der Waals surface area contributed by atoms with Crippen molar-refractivity contribution in [1.82, 2.24) is 14.9 Å². The van der Waals surface area contributed by atoms with Gasteiger partial charge in [-0.1, -0.05) is 11.6 Å². The first-order valence-corrected chi connectivity index (χ1v) is 7.96. The van der Waals surface area contributed by atoms with Gasteiger partial charge >= 0.3 is 6.03 Å². The third-order valence-corrected chi connectivity index (χ3v) is 4.84. The zero-order valence-corrected chi connectivity index (χ0v) is 13.2. The number of hydrogen-bond acceptors (Lipinski definition) is 3. The van der Waals surface area contributed by atoms with Crippen molar-refractivity contribution in [3.8, 4) is 0 Å². The van der Waals surface area contributed by atoms with Crippen LogP contribution in [0.15, 0.2) is 24.5 Å². The molecule has 0 unspecified atom stereocenters. The van der Waals surface area contributed by atoms with Crippen molar-refractivity contribution < 1.29 is 13.6 Å². The summed E-state index contributed by atoms with van der Waals surface area (Å²) in [5.41, 5.74) is 1.32. The van der Waals surface area contributed by atoms with Crippen molar-refractivity contribution in [2.45, 2.75) is 31.3 Å². The van der Waals surface area contributed by atoms with Crippen molar-refractivity contribution in [3.05, 3.63) is 52.6 Å². The summed E-state index contributed by atoms with van der Waals surface area (Å²) in [6.45, 7) is 0. The van der Waals surface area contributed by atoms with E-state index in [-0.39, 0.29) is 22.9 Å². The molecule has 4 rings (SSSR count). The fourth-order valence-corrected chi connectivity index (χ4v) is 3.75. The van der Waals surface area contributed by atoms with Gasteiger partial charge in [0.2, 0.25) is 5.95 Å². The van der Waals surface area contributed by atoms with Gasteiger partial charge in [-0.3, -0.25) is 0 Å². The molecular weight excluding hydrogens is 338 g/mol. The minimum atomic E-state index is -0.650. The predicted molar refractivity (Wildman–Crippen MR) is 83.7 cm³/mol. The van der Waals surface area contributed by atoms with E-state index in [1.807, 2.05) is 0 Å². The largest absolute Gasteiger partial charge is 0.322 e. The van der Waals surface area contributed by atoms with Gasteiger partial charge in [0.25, 0.3) is 0 Å². The maximum Gasteiger partial charge on any atom is 0.322 e. The van der Waals surface area contributed by atoms with Crippen molar-refractivity contribution in [1.29, 1.82) is 0 Å². The van der Waals surface area contributed by atoms with E-state index >= 15 is 0 Å². The molecule has 0 radical (unpaired) electrons. The molecule has 2 atom stereocenters. The molecule has 1 N–H and O–H groups in total. The summed E-state index contributed by atoms with van der Waals surface area (Å²) in [4.78, 5) is 21.8. The number of aromatic nitrogens is 2. The lowest BCUT2D eigenvalue weighted by molar-refractivity contribution is 0.178. The summed E-state index contributed by atoms with van der Waals surface area (Å²) in [5, 5.41) is 2.55. The molecule has 4 heterocycles. The Hall–Kier alpha value is -2.28. The van der Waals surface area contributed by atoms with E-state index < -0.39 is 17.8 Å². The van der Waals surface area contributed by atoms with Gasteiger partial charge in [0, 0.05) is 23.9 Å².